The second kappa shape index (κ2) is 8.41. The molecule has 2 N–H and O–H groups in total. The minimum Gasteiger partial charge on any atom is -0.496 e. The summed E-state index contributed by atoms with van der Waals surface area (Å²) in [5.74, 6) is 1.24. The van der Waals surface area contributed by atoms with Gasteiger partial charge in [-0.1, -0.05) is 6.92 Å². The number of hydrogen-bond acceptors (Lipinski definition) is 4. The van der Waals surface area contributed by atoms with Crippen LogP contribution < -0.4 is 20.1 Å². The first kappa shape index (κ1) is 19.6. The Bertz CT molecular complexity index is 518. The van der Waals surface area contributed by atoms with E-state index in [1.807, 2.05) is 6.92 Å². The Morgan fingerprint density at radius 3 is 2.22 bits per heavy atom. The fraction of sp³-hybridized carbons (Fsp3) is 0.588. The van der Waals surface area contributed by atoms with Gasteiger partial charge in [-0.2, -0.15) is 0 Å². The van der Waals surface area contributed by atoms with Gasteiger partial charge in [0.1, 0.15) is 11.5 Å². The van der Waals surface area contributed by atoms with Gasteiger partial charge in [-0.3, -0.25) is 4.79 Å². The topological polar surface area (TPSA) is 59.6 Å². The molecule has 6 heteroatoms. The summed E-state index contributed by atoms with van der Waals surface area (Å²) >= 11 is 0. The summed E-state index contributed by atoms with van der Waals surface area (Å²) in [5.41, 5.74) is 1.63. The molecule has 0 radical (unpaired) electrons. The van der Waals surface area contributed by atoms with E-state index in [2.05, 4.69) is 17.6 Å². The SMILES string of the molecule is COc1cc(C(=O)NCC2(C)CCNCC2)cc(OC)c1C.Cl. The lowest BCUT2D eigenvalue weighted by molar-refractivity contribution is 0.0921. The lowest BCUT2D eigenvalue weighted by Crippen LogP contribution is -2.42. The molecule has 0 bridgehead atoms. The van der Waals surface area contributed by atoms with Crippen LogP contribution in [-0.2, 0) is 0 Å². The van der Waals surface area contributed by atoms with Crippen LogP contribution in [-0.4, -0.2) is 39.8 Å². The summed E-state index contributed by atoms with van der Waals surface area (Å²) < 4.78 is 10.6. The Morgan fingerprint density at radius 2 is 1.74 bits per heavy atom. The van der Waals surface area contributed by atoms with Crippen molar-refractivity contribution < 1.29 is 14.3 Å². The highest BCUT2D eigenvalue weighted by Gasteiger charge is 2.27. The minimum atomic E-state index is -0.0867. The molecule has 1 fully saturated rings. The summed E-state index contributed by atoms with van der Waals surface area (Å²) in [7, 11) is 3.19. The molecule has 1 heterocycles. The Hall–Kier alpha value is -1.46. The van der Waals surface area contributed by atoms with E-state index in [0.29, 0.717) is 23.6 Å². The van der Waals surface area contributed by atoms with Crippen LogP contribution in [0.25, 0.3) is 0 Å². The monoisotopic (exact) mass is 342 g/mol. The first-order valence-corrected chi connectivity index (χ1v) is 7.70. The van der Waals surface area contributed by atoms with Gasteiger partial charge in [0.15, 0.2) is 0 Å². The lowest BCUT2D eigenvalue weighted by atomic mass is 9.81. The van der Waals surface area contributed by atoms with Crippen LogP contribution in [0.3, 0.4) is 0 Å². The van der Waals surface area contributed by atoms with Crippen molar-refractivity contribution in [3.05, 3.63) is 23.3 Å². The molecule has 1 aromatic carbocycles. The first-order chi connectivity index (χ1) is 10.5. The molecule has 0 spiro atoms. The Morgan fingerprint density at radius 1 is 1.22 bits per heavy atom. The second-order valence-corrected chi connectivity index (χ2v) is 6.25. The number of amides is 1. The predicted octanol–water partition coefficient (Wildman–Crippen LogP) is 2.55. The van der Waals surface area contributed by atoms with Crippen LogP contribution >= 0.6 is 12.4 Å². The van der Waals surface area contributed by atoms with Crippen molar-refractivity contribution in [3.63, 3.8) is 0 Å². The molecule has 1 aliphatic rings. The highest BCUT2D eigenvalue weighted by Crippen LogP contribution is 2.30. The summed E-state index contributed by atoms with van der Waals surface area (Å²) in [6, 6.07) is 3.52. The number of halogens is 1. The van der Waals surface area contributed by atoms with Crippen molar-refractivity contribution in [2.24, 2.45) is 5.41 Å². The number of carbonyl (C=O) groups is 1. The number of methoxy groups -OCH3 is 2. The fourth-order valence-corrected chi connectivity index (χ4v) is 2.82. The maximum atomic E-state index is 12.4. The van der Waals surface area contributed by atoms with Crippen LogP contribution in [0.15, 0.2) is 12.1 Å². The third-order valence-electron chi connectivity index (χ3n) is 4.50. The van der Waals surface area contributed by atoms with Gasteiger partial charge in [0.2, 0.25) is 0 Å². The molecule has 130 valence electrons. The average molecular weight is 343 g/mol. The highest BCUT2D eigenvalue weighted by atomic mass is 35.5. The minimum absolute atomic E-state index is 0. The zero-order valence-electron chi connectivity index (χ0n) is 14.3. The summed E-state index contributed by atoms with van der Waals surface area (Å²) in [6.45, 7) is 6.85. The lowest BCUT2D eigenvalue weighted by Gasteiger charge is -2.34. The van der Waals surface area contributed by atoms with Gasteiger partial charge >= 0.3 is 0 Å². The molecule has 1 amide bonds. The molecule has 2 rings (SSSR count). The number of nitrogens with one attached hydrogen (secondary N) is 2. The van der Waals surface area contributed by atoms with Crippen LogP contribution in [0.5, 0.6) is 11.5 Å². The molecule has 0 saturated carbocycles. The van der Waals surface area contributed by atoms with Crippen LogP contribution in [0.1, 0.15) is 35.7 Å². The Labute approximate surface area is 144 Å². The number of benzene rings is 1. The van der Waals surface area contributed by atoms with Gasteiger partial charge in [0.05, 0.1) is 14.2 Å². The smallest absolute Gasteiger partial charge is 0.251 e. The molecular weight excluding hydrogens is 316 g/mol. The molecule has 0 aromatic heterocycles. The second-order valence-electron chi connectivity index (χ2n) is 6.25. The van der Waals surface area contributed by atoms with Crippen LogP contribution in [0.4, 0.5) is 0 Å². The Balaban J connectivity index is 0.00000264. The highest BCUT2D eigenvalue weighted by molar-refractivity contribution is 5.95. The van der Waals surface area contributed by atoms with E-state index in [4.69, 9.17) is 9.47 Å². The molecule has 1 aromatic rings. The Kier molecular flexibility index (Phi) is 7.16. The first-order valence-electron chi connectivity index (χ1n) is 7.70. The van der Waals surface area contributed by atoms with Gasteiger partial charge in [-0.15, -0.1) is 12.4 Å². The van der Waals surface area contributed by atoms with Crippen molar-refractivity contribution in [1.82, 2.24) is 10.6 Å². The predicted molar refractivity (Wildman–Crippen MR) is 94.1 cm³/mol. The van der Waals surface area contributed by atoms with Crippen LogP contribution in [0, 0.1) is 12.3 Å². The van der Waals surface area contributed by atoms with E-state index in [-0.39, 0.29) is 23.7 Å². The summed E-state index contributed by atoms with van der Waals surface area (Å²) in [5, 5.41) is 6.40. The maximum absolute atomic E-state index is 12.4. The van der Waals surface area contributed by atoms with Crippen molar-refractivity contribution >= 4 is 18.3 Å². The molecule has 0 aliphatic carbocycles. The van der Waals surface area contributed by atoms with Crippen molar-refractivity contribution in [2.45, 2.75) is 26.7 Å². The number of hydrogen-bond donors (Lipinski definition) is 2. The summed E-state index contributed by atoms with van der Waals surface area (Å²) in [4.78, 5) is 12.4. The van der Waals surface area contributed by atoms with Crippen molar-refractivity contribution in [1.29, 1.82) is 0 Å². The number of carbonyl (C=O) groups excluding carboxylic acids is 1. The van der Waals surface area contributed by atoms with Crippen molar-refractivity contribution in [2.75, 3.05) is 33.9 Å². The van der Waals surface area contributed by atoms with Gasteiger partial charge in [-0.05, 0) is 50.4 Å². The zero-order chi connectivity index (χ0) is 16.2. The third kappa shape index (κ3) is 4.75. The number of piperidine rings is 1. The molecule has 23 heavy (non-hydrogen) atoms. The van der Waals surface area contributed by atoms with E-state index in [1.165, 1.54) is 0 Å². The van der Waals surface area contributed by atoms with Crippen molar-refractivity contribution in [3.8, 4) is 11.5 Å². The van der Waals surface area contributed by atoms with E-state index < -0.39 is 0 Å². The van der Waals surface area contributed by atoms with Gasteiger partial charge in [-0.25, -0.2) is 0 Å². The maximum Gasteiger partial charge on any atom is 0.251 e. The normalized spacial score (nSPS) is 16.2. The number of ether oxygens (including phenoxy) is 2. The summed E-state index contributed by atoms with van der Waals surface area (Å²) in [6.07, 6.45) is 2.15. The zero-order valence-corrected chi connectivity index (χ0v) is 15.1. The third-order valence-corrected chi connectivity index (χ3v) is 4.50. The molecule has 1 saturated heterocycles. The van der Waals surface area contributed by atoms with E-state index in [9.17, 15) is 4.79 Å². The standard InChI is InChI=1S/C17H26N2O3.ClH/c1-12-14(21-3)9-13(10-15(12)22-4)16(20)19-11-17(2)5-7-18-8-6-17;/h9-10,18H,5-8,11H2,1-4H3,(H,19,20);1H. The number of rotatable bonds is 5. The molecule has 0 atom stereocenters. The van der Waals surface area contributed by atoms with E-state index >= 15 is 0 Å². The quantitative estimate of drug-likeness (QED) is 0.863. The molecular formula is C17H27ClN2O3. The van der Waals surface area contributed by atoms with Gasteiger partial charge in [0, 0.05) is 17.7 Å². The molecule has 5 nitrogen and oxygen atoms in total. The largest absolute Gasteiger partial charge is 0.496 e. The molecule has 0 unspecified atom stereocenters. The van der Waals surface area contributed by atoms with E-state index in [0.717, 1.165) is 31.5 Å². The van der Waals surface area contributed by atoms with Crippen LogP contribution in [0.2, 0.25) is 0 Å². The van der Waals surface area contributed by atoms with E-state index in [1.54, 1.807) is 26.4 Å². The molecule has 1 aliphatic heterocycles. The fourth-order valence-electron chi connectivity index (χ4n) is 2.82. The van der Waals surface area contributed by atoms with Gasteiger partial charge < -0.3 is 20.1 Å². The van der Waals surface area contributed by atoms with Gasteiger partial charge in [0.25, 0.3) is 5.91 Å². The average Bonchev–Trinajstić information content (AvgIpc) is 2.53.